The SMILES string of the molecule is OC(CNCc1ccc(Br)c(Br)c1)C1CC1. The van der Waals surface area contributed by atoms with Gasteiger partial charge < -0.3 is 10.4 Å². The number of rotatable bonds is 5. The molecule has 0 radical (unpaired) electrons. The molecule has 0 spiro atoms. The Morgan fingerprint density at radius 3 is 2.69 bits per heavy atom. The lowest BCUT2D eigenvalue weighted by Gasteiger charge is -2.10. The topological polar surface area (TPSA) is 32.3 Å². The van der Waals surface area contributed by atoms with E-state index in [4.69, 9.17) is 0 Å². The van der Waals surface area contributed by atoms with Crippen molar-refractivity contribution in [2.24, 2.45) is 5.92 Å². The molecule has 2 nitrogen and oxygen atoms in total. The highest BCUT2D eigenvalue weighted by Gasteiger charge is 2.28. The van der Waals surface area contributed by atoms with Gasteiger partial charge in [-0.1, -0.05) is 6.07 Å². The fourth-order valence-corrected chi connectivity index (χ4v) is 2.33. The number of hydrogen-bond acceptors (Lipinski definition) is 2. The number of aliphatic hydroxyl groups excluding tert-OH is 1. The predicted molar refractivity (Wildman–Crippen MR) is 72.3 cm³/mol. The minimum atomic E-state index is -0.168. The predicted octanol–water partition coefficient (Wildman–Crippen LogP) is 3.07. The van der Waals surface area contributed by atoms with Crippen molar-refractivity contribution in [2.45, 2.75) is 25.5 Å². The van der Waals surface area contributed by atoms with Crippen LogP contribution in [-0.2, 0) is 6.54 Å². The Hall–Kier alpha value is 0.1000. The molecular weight excluding hydrogens is 334 g/mol. The van der Waals surface area contributed by atoms with Gasteiger partial charge in [0.25, 0.3) is 0 Å². The van der Waals surface area contributed by atoms with E-state index in [-0.39, 0.29) is 6.10 Å². The van der Waals surface area contributed by atoms with Crippen molar-refractivity contribution in [3.63, 3.8) is 0 Å². The first-order valence-corrected chi connectivity index (χ1v) is 7.08. The summed E-state index contributed by atoms with van der Waals surface area (Å²) >= 11 is 6.92. The van der Waals surface area contributed by atoms with Gasteiger partial charge in [0.05, 0.1) is 6.10 Å². The monoisotopic (exact) mass is 347 g/mol. The van der Waals surface area contributed by atoms with E-state index in [2.05, 4.69) is 49.3 Å². The molecule has 1 aromatic rings. The van der Waals surface area contributed by atoms with E-state index in [1.165, 1.54) is 18.4 Å². The first-order chi connectivity index (χ1) is 7.66. The van der Waals surface area contributed by atoms with Crippen LogP contribution >= 0.6 is 31.9 Å². The first kappa shape index (κ1) is 12.6. The average Bonchev–Trinajstić information content (AvgIpc) is 3.07. The molecule has 0 aliphatic heterocycles. The molecule has 1 unspecified atom stereocenters. The minimum Gasteiger partial charge on any atom is -0.392 e. The molecule has 0 saturated heterocycles. The van der Waals surface area contributed by atoms with Gasteiger partial charge in [-0.15, -0.1) is 0 Å². The van der Waals surface area contributed by atoms with E-state index in [0.717, 1.165) is 15.5 Å². The average molecular weight is 349 g/mol. The quantitative estimate of drug-likeness (QED) is 0.857. The third-order valence-electron chi connectivity index (χ3n) is 2.83. The molecule has 1 atom stereocenters. The van der Waals surface area contributed by atoms with E-state index in [0.29, 0.717) is 12.5 Å². The number of benzene rings is 1. The highest BCUT2D eigenvalue weighted by molar-refractivity contribution is 9.13. The van der Waals surface area contributed by atoms with E-state index >= 15 is 0 Å². The van der Waals surface area contributed by atoms with Gasteiger partial charge in [0, 0.05) is 22.0 Å². The molecular formula is C12H15Br2NO. The molecule has 0 bridgehead atoms. The summed E-state index contributed by atoms with van der Waals surface area (Å²) in [6.45, 7) is 1.49. The van der Waals surface area contributed by atoms with Gasteiger partial charge in [-0.25, -0.2) is 0 Å². The Morgan fingerprint density at radius 1 is 1.31 bits per heavy atom. The standard InChI is InChI=1S/C12H15Br2NO/c13-10-4-1-8(5-11(10)14)6-15-7-12(16)9-2-3-9/h1,4-5,9,12,15-16H,2-3,6-7H2. The molecule has 1 aromatic carbocycles. The Labute approximate surface area is 113 Å². The molecule has 4 heteroatoms. The normalized spacial score (nSPS) is 17.4. The maximum absolute atomic E-state index is 9.69. The van der Waals surface area contributed by atoms with Gasteiger partial charge in [0.2, 0.25) is 0 Å². The molecule has 0 amide bonds. The van der Waals surface area contributed by atoms with Crippen LogP contribution in [0.25, 0.3) is 0 Å². The van der Waals surface area contributed by atoms with Gasteiger partial charge in [-0.3, -0.25) is 0 Å². The van der Waals surface area contributed by atoms with Crippen LogP contribution in [0, 0.1) is 5.92 Å². The Morgan fingerprint density at radius 2 is 2.06 bits per heavy atom. The summed E-state index contributed by atoms with van der Waals surface area (Å²) in [4.78, 5) is 0. The molecule has 1 saturated carbocycles. The lowest BCUT2D eigenvalue weighted by Crippen LogP contribution is -2.27. The number of hydrogen-bond donors (Lipinski definition) is 2. The van der Waals surface area contributed by atoms with Crippen molar-refractivity contribution < 1.29 is 5.11 Å². The van der Waals surface area contributed by atoms with Crippen molar-refractivity contribution in [1.29, 1.82) is 0 Å². The van der Waals surface area contributed by atoms with Crippen LogP contribution < -0.4 is 5.32 Å². The van der Waals surface area contributed by atoms with Crippen LogP contribution in [0.15, 0.2) is 27.1 Å². The highest BCUT2D eigenvalue weighted by atomic mass is 79.9. The number of halogens is 2. The van der Waals surface area contributed by atoms with Gasteiger partial charge in [0.1, 0.15) is 0 Å². The van der Waals surface area contributed by atoms with Crippen molar-refractivity contribution in [3.05, 3.63) is 32.7 Å². The third kappa shape index (κ3) is 3.55. The van der Waals surface area contributed by atoms with Crippen LogP contribution in [-0.4, -0.2) is 17.8 Å². The number of nitrogens with one attached hydrogen (secondary N) is 1. The zero-order chi connectivity index (χ0) is 11.5. The zero-order valence-corrected chi connectivity index (χ0v) is 12.1. The third-order valence-corrected chi connectivity index (χ3v) is 4.71. The smallest absolute Gasteiger partial charge is 0.0692 e. The van der Waals surface area contributed by atoms with Crippen molar-refractivity contribution >= 4 is 31.9 Å². The Kier molecular flexibility index (Phi) is 4.41. The molecule has 1 aliphatic rings. The zero-order valence-electron chi connectivity index (χ0n) is 8.92. The Balaban J connectivity index is 1.78. The molecule has 88 valence electrons. The van der Waals surface area contributed by atoms with Crippen molar-refractivity contribution in [3.8, 4) is 0 Å². The second-order valence-corrected chi connectivity index (χ2v) is 5.99. The van der Waals surface area contributed by atoms with E-state index < -0.39 is 0 Å². The van der Waals surface area contributed by atoms with Crippen molar-refractivity contribution in [1.82, 2.24) is 5.32 Å². The van der Waals surface area contributed by atoms with Gasteiger partial charge in [-0.2, -0.15) is 0 Å². The minimum absolute atomic E-state index is 0.168. The molecule has 2 rings (SSSR count). The molecule has 1 aliphatic carbocycles. The summed E-state index contributed by atoms with van der Waals surface area (Å²) in [5.74, 6) is 0.546. The highest BCUT2D eigenvalue weighted by Crippen LogP contribution is 2.32. The second-order valence-electron chi connectivity index (χ2n) is 4.28. The van der Waals surface area contributed by atoms with Gasteiger partial charge >= 0.3 is 0 Å². The first-order valence-electron chi connectivity index (χ1n) is 5.49. The maximum Gasteiger partial charge on any atom is 0.0692 e. The second kappa shape index (κ2) is 5.63. The molecule has 2 N–H and O–H groups in total. The molecule has 0 aromatic heterocycles. The summed E-state index contributed by atoms with van der Waals surface area (Å²) in [5, 5.41) is 13.0. The van der Waals surface area contributed by atoms with Crippen molar-refractivity contribution in [2.75, 3.05) is 6.54 Å². The maximum atomic E-state index is 9.69. The lowest BCUT2D eigenvalue weighted by molar-refractivity contribution is 0.148. The number of aliphatic hydroxyl groups is 1. The summed E-state index contributed by atoms with van der Waals surface area (Å²) < 4.78 is 2.13. The molecule has 16 heavy (non-hydrogen) atoms. The van der Waals surface area contributed by atoms with E-state index in [9.17, 15) is 5.11 Å². The van der Waals surface area contributed by atoms with Gasteiger partial charge in [0.15, 0.2) is 0 Å². The van der Waals surface area contributed by atoms with Gasteiger partial charge in [-0.05, 0) is 68.3 Å². The van der Waals surface area contributed by atoms with Crippen LogP contribution in [0.1, 0.15) is 18.4 Å². The largest absolute Gasteiger partial charge is 0.392 e. The summed E-state index contributed by atoms with van der Waals surface area (Å²) in [6, 6.07) is 6.18. The lowest BCUT2D eigenvalue weighted by atomic mass is 10.2. The van der Waals surface area contributed by atoms with E-state index in [1.54, 1.807) is 0 Å². The summed E-state index contributed by atoms with van der Waals surface area (Å²) in [5.41, 5.74) is 1.22. The Bertz CT molecular complexity index is 366. The summed E-state index contributed by atoms with van der Waals surface area (Å²) in [6.07, 6.45) is 2.21. The fourth-order valence-electron chi connectivity index (χ4n) is 1.66. The summed E-state index contributed by atoms with van der Waals surface area (Å²) in [7, 11) is 0. The van der Waals surface area contributed by atoms with Crippen LogP contribution in [0.3, 0.4) is 0 Å². The van der Waals surface area contributed by atoms with E-state index in [1.807, 2.05) is 6.07 Å². The van der Waals surface area contributed by atoms with Crippen LogP contribution in [0.5, 0.6) is 0 Å². The van der Waals surface area contributed by atoms with Crippen LogP contribution in [0.2, 0.25) is 0 Å². The fraction of sp³-hybridized carbons (Fsp3) is 0.500. The molecule has 1 fully saturated rings. The molecule has 0 heterocycles. The van der Waals surface area contributed by atoms with Crippen LogP contribution in [0.4, 0.5) is 0 Å².